The Morgan fingerprint density at radius 1 is 1.24 bits per heavy atom. The largest absolute Gasteiger partial charge is 0.468 e. The van der Waals surface area contributed by atoms with E-state index in [1.54, 1.807) is 11.3 Å². The van der Waals surface area contributed by atoms with Crippen LogP contribution in [0, 0.1) is 5.92 Å². The van der Waals surface area contributed by atoms with Crippen molar-refractivity contribution in [3.05, 3.63) is 28.8 Å². The van der Waals surface area contributed by atoms with Crippen LogP contribution in [0.4, 0.5) is 16.5 Å². The summed E-state index contributed by atoms with van der Waals surface area (Å²) in [5, 5.41) is 14.4. The summed E-state index contributed by atoms with van der Waals surface area (Å²) >= 11 is 1.64. The lowest BCUT2D eigenvalue weighted by molar-refractivity contribution is -0.143. The van der Waals surface area contributed by atoms with Gasteiger partial charge in [0.1, 0.15) is 5.01 Å². The van der Waals surface area contributed by atoms with E-state index in [4.69, 9.17) is 9.47 Å². The third-order valence-corrected chi connectivity index (χ3v) is 7.99. The number of carbonyl (C=O) groups excluding carboxylic acids is 1. The van der Waals surface area contributed by atoms with Crippen molar-refractivity contribution in [2.45, 2.75) is 69.7 Å². The van der Waals surface area contributed by atoms with Gasteiger partial charge in [-0.2, -0.15) is 0 Å². The molecule has 0 spiro atoms. The van der Waals surface area contributed by atoms with Crippen LogP contribution >= 0.6 is 11.3 Å². The van der Waals surface area contributed by atoms with Crippen molar-refractivity contribution in [1.29, 1.82) is 0 Å². The molecule has 2 aromatic rings. The molecule has 1 aromatic carbocycles. The first-order valence-electron chi connectivity index (χ1n) is 12.2. The molecule has 3 fully saturated rings. The van der Waals surface area contributed by atoms with E-state index in [0.717, 1.165) is 72.5 Å². The number of ether oxygens (including phenoxy) is 2. The highest BCUT2D eigenvalue weighted by Crippen LogP contribution is 2.51. The number of hydrogen-bond donors (Lipinski definition) is 1. The van der Waals surface area contributed by atoms with Crippen molar-refractivity contribution >= 4 is 33.8 Å². The van der Waals surface area contributed by atoms with Gasteiger partial charge in [-0.1, -0.05) is 31.3 Å². The number of methoxy groups -OCH3 is 1. The van der Waals surface area contributed by atoms with Gasteiger partial charge in [-0.05, 0) is 62.1 Å². The molecule has 0 radical (unpaired) electrons. The lowest BCUT2D eigenvalue weighted by Crippen LogP contribution is -2.42. The van der Waals surface area contributed by atoms with Gasteiger partial charge in [-0.3, -0.25) is 4.79 Å². The topological polar surface area (TPSA) is 76.6 Å². The molecule has 3 aliphatic rings. The maximum absolute atomic E-state index is 12.6. The van der Waals surface area contributed by atoms with E-state index >= 15 is 0 Å². The SMILES string of the molecule is COC(=O)C1(c2ccc(N(CC(C)C)C3CCOCC3)c(Nc3nnc(C4CC4)s3)c2)CC1. The molecule has 1 aliphatic heterocycles. The summed E-state index contributed by atoms with van der Waals surface area (Å²) in [6.45, 7) is 7.08. The number of anilines is 3. The maximum Gasteiger partial charge on any atom is 0.316 e. The maximum atomic E-state index is 12.6. The quantitative estimate of drug-likeness (QED) is 0.517. The molecule has 1 saturated heterocycles. The standard InChI is InChI=1S/C25H34N4O3S/c1-16(2)15-29(19-8-12-32-13-9-19)21-7-6-18(25(10-11-25)23(30)31-3)14-20(21)26-24-28-27-22(33-24)17-4-5-17/h6-7,14,16-17,19H,4-5,8-13,15H2,1-3H3,(H,26,28). The van der Waals surface area contributed by atoms with E-state index in [1.807, 2.05) is 0 Å². The van der Waals surface area contributed by atoms with Crippen molar-refractivity contribution in [3.63, 3.8) is 0 Å². The monoisotopic (exact) mass is 470 g/mol. The van der Waals surface area contributed by atoms with Crippen LogP contribution in [-0.2, 0) is 19.7 Å². The molecule has 2 saturated carbocycles. The van der Waals surface area contributed by atoms with Crippen molar-refractivity contribution in [3.8, 4) is 0 Å². The van der Waals surface area contributed by atoms with Crippen LogP contribution in [0.3, 0.4) is 0 Å². The Kier molecular flexibility index (Phi) is 6.31. The smallest absolute Gasteiger partial charge is 0.316 e. The molecule has 33 heavy (non-hydrogen) atoms. The van der Waals surface area contributed by atoms with Gasteiger partial charge in [0, 0.05) is 31.7 Å². The zero-order valence-electron chi connectivity index (χ0n) is 19.8. The molecule has 1 aromatic heterocycles. The fourth-order valence-electron chi connectivity index (χ4n) is 4.85. The molecule has 0 unspecified atom stereocenters. The van der Waals surface area contributed by atoms with Crippen molar-refractivity contribution < 1.29 is 14.3 Å². The summed E-state index contributed by atoms with van der Waals surface area (Å²) in [4.78, 5) is 15.1. The molecule has 2 heterocycles. The van der Waals surface area contributed by atoms with Crippen LogP contribution in [0.25, 0.3) is 0 Å². The molecule has 5 rings (SSSR count). The van der Waals surface area contributed by atoms with Crippen LogP contribution in [0.1, 0.15) is 68.9 Å². The van der Waals surface area contributed by atoms with Crippen LogP contribution in [0.2, 0.25) is 0 Å². The van der Waals surface area contributed by atoms with E-state index in [-0.39, 0.29) is 5.97 Å². The number of nitrogens with zero attached hydrogens (tertiary/aromatic N) is 3. The number of nitrogens with one attached hydrogen (secondary N) is 1. The second-order valence-electron chi connectivity index (χ2n) is 10.0. The number of rotatable bonds is 9. The van der Waals surface area contributed by atoms with E-state index in [1.165, 1.54) is 20.0 Å². The third kappa shape index (κ3) is 4.73. The van der Waals surface area contributed by atoms with E-state index < -0.39 is 5.41 Å². The van der Waals surface area contributed by atoms with Gasteiger partial charge >= 0.3 is 5.97 Å². The van der Waals surface area contributed by atoms with Gasteiger partial charge in [0.2, 0.25) is 5.13 Å². The summed E-state index contributed by atoms with van der Waals surface area (Å²) in [5.74, 6) is 0.961. The first-order chi connectivity index (χ1) is 16.0. The normalized spacial score (nSPS) is 20.0. The number of benzene rings is 1. The molecular weight excluding hydrogens is 436 g/mol. The highest BCUT2D eigenvalue weighted by atomic mass is 32.1. The third-order valence-electron chi connectivity index (χ3n) is 6.99. The molecular formula is C25H34N4O3S. The second kappa shape index (κ2) is 9.22. The van der Waals surface area contributed by atoms with Crippen molar-refractivity contribution in [1.82, 2.24) is 10.2 Å². The molecule has 7 nitrogen and oxygen atoms in total. The molecule has 0 atom stereocenters. The van der Waals surface area contributed by atoms with Gasteiger partial charge in [0.15, 0.2) is 0 Å². The van der Waals surface area contributed by atoms with Gasteiger partial charge in [-0.25, -0.2) is 0 Å². The van der Waals surface area contributed by atoms with Crippen LogP contribution < -0.4 is 10.2 Å². The minimum Gasteiger partial charge on any atom is -0.468 e. The van der Waals surface area contributed by atoms with Gasteiger partial charge in [0.25, 0.3) is 0 Å². The van der Waals surface area contributed by atoms with Gasteiger partial charge < -0.3 is 19.7 Å². The summed E-state index contributed by atoms with van der Waals surface area (Å²) in [6.07, 6.45) is 6.12. The van der Waals surface area contributed by atoms with Crippen LogP contribution in [-0.4, -0.2) is 49.1 Å². The lowest BCUT2D eigenvalue weighted by Gasteiger charge is -2.38. The molecule has 0 amide bonds. The van der Waals surface area contributed by atoms with Gasteiger partial charge in [-0.15, -0.1) is 10.2 Å². The minimum atomic E-state index is -0.508. The number of hydrogen-bond acceptors (Lipinski definition) is 8. The second-order valence-corrected chi connectivity index (χ2v) is 11.0. The van der Waals surface area contributed by atoms with E-state index in [9.17, 15) is 4.79 Å². The van der Waals surface area contributed by atoms with E-state index in [2.05, 4.69) is 52.5 Å². The molecule has 8 heteroatoms. The fourth-order valence-corrected chi connectivity index (χ4v) is 5.77. The Bertz CT molecular complexity index is 993. The molecule has 1 N–H and O–H groups in total. The Hall–Kier alpha value is -2.19. The summed E-state index contributed by atoms with van der Waals surface area (Å²) in [6, 6.07) is 6.87. The van der Waals surface area contributed by atoms with Crippen molar-refractivity contribution in [2.24, 2.45) is 5.92 Å². The fraction of sp³-hybridized carbons (Fsp3) is 0.640. The zero-order valence-corrected chi connectivity index (χ0v) is 20.6. The predicted octanol–water partition coefficient (Wildman–Crippen LogP) is 5.01. The van der Waals surface area contributed by atoms with Crippen molar-refractivity contribution in [2.75, 3.05) is 37.1 Å². The Balaban J connectivity index is 1.52. The highest BCUT2D eigenvalue weighted by Gasteiger charge is 2.52. The average molecular weight is 471 g/mol. The minimum absolute atomic E-state index is 0.142. The Morgan fingerprint density at radius 3 is 2.64 bits per heavy atom. The first-order valence-corrected chi connectivity index (χ1v) is 13.0. The molecule has 2 aliphatic carbocycles. The summed E-state index contributed by atoms with van der Waals surface area (Å²) in [7, 11) is 1.48. The van der Waals surface area contributed by atoms with Gasteiger partial charge in [0.05, 0.1) is 23.9 Å². The average Bonchev–Trinajstić information content (AvgIpc) is 3.76. The number of carbonyl (C=O) groups is 1. The van der Waals surface area contributed by atoms with Crippen LogP contribution in [0.5, 0.6) is 0 Å². The predicted molar refractivity (Wildman–Crippen MR) is 131 cm³/mol. The first kappa shape index (κ1) is 22.6. The Labute approximate surface area is 199 Å². The summed E-state index contributed by atoms with van der Waals surface area (Å²) < 4.78 is 10.8. The zero-order chi connectivity index (χ0) is 23.0. The van der Waals surface area contributed by atoms with E-state index in [0.29, 0.717) is 17.9 Å². The number of esters is 1. The number of aromatic nitrogens is 2. The molecule has 178 valence electrons. The molecule has 0 bridgehead atoms. The summed E-state index contributed by atoms with van der Waals surface area (Å²) in [5.41, 5.74) is 2.66. The lowest BCUT2D eigenvalue weighted by atomic mass is 9.94. The highest BCUT2D eigenvalue weighted by molar-refractivity contribution is 7.15. The van der Waals surface area contributed by atoms with Crippen LogP contribution in [0.15, 0.2) is 18.2 Å². The Morgan fingerprint density at radius 2 is 2.00 bits per heavy atom.